The predicted octanol–water partition coefficient (Wildman–Crippen LogP) is 3.53. The van der Waals surface area contributed by atoms with E-state index in [1.165, 1.54) is 12.1 Å². The van der Waals surface area contributed by atoms with Gasteiger partial charge in [0, 0.05) is 30.4 Å². The Morgan fingerprint density at radius 2 is 1.69 bits per heavy atom. The van der Waals surface area contributed by atoms with Crippen LogP contribution in [0.2, 0.25) is 0 Å². The Morgan fingerprint density at radius 3 is 2.35 bits per heavy atom. The lowest BCUT2D eigenvalue weighted by Crippen LogP contribution is -2.35. The summed E-state index contributed by atoms with van der Waals surface area (Å²) in [7, 11) is 0. The van der Waals surface area contributed by atoms with Crippen molar-refractivity contribution in [3.05, 3.63) is 59.9 Å². The Labute approximate surface area is 152 Å². The minimum absolute atomic E-state index is 0.0215. The maximum absolute atomic E-state index is 13.0. The van der Waals surface area contributed by atoms with E-state index in [0.29, 0.717) is 0 Å². The van der Waals surface area contributed by atoms with Gasteiger partial charge in [-0.25, -0.2) is 4.39 Å². The van der Waals surface area contributed by atoms with Gasteiger partial charge in [-0.3, -0.25) is 4.79 Å². The average Bonchev–Trinajstić information content (AvgIpc) is 3.45. The molecule has 2 aromatic rings. The molecular formula is C21H23FN2O2. The highest BCUT2D eigenvalue weighted by Gasteiger charge is 2.43. The van der Waals surface area contributed by atoms with Crippen LogP contribution in [0.3, 0.4) is 0 Å². The third-order valence-electron chi connectivity index (χ3n) is 5.39. The lowest BCUT2D eigenvalue weighted by molar-refractivity contribution is -0.117. The number of aliphatic hydroxyl groups excluding tert-OH is 1. The molecule has 2 atom stereocenters. The van der Waals surface area contributed by atoms with Gasteiger partial charge in [0.25, 0.3) is 0 Å². The first kappa shape index (κ1) is 17.0. The van der Waals surface area contributed by atoms with Crippen molar-refractivity contribution in [2.24, 2.45) is 5.92 Å². The maximum Gasteiger partial charge on any atom is 0.228 e. The van der Waals surface area contributed by atoms with Crippen LogP contribution >= 0.6 is 0 Å². The van der Waals surface area contributed by atoms with E-state index in [0.717, 1.165) is 49.3 Å². The van der Waals surface area contributed by atoms with Crippen LogP contribution in [0.1, 0.15) is 30.7 Å². The van der Waals surface area contributed by atoms with Crippen molar-refractivity contribution in [3.63, 3.8) is 0 Å². The van der Waals surface area contributed by atoms with E-state index >= 15 is 0 Å². The molecule has 1 saturated carbocycles. The van der Waals surface area contributed by atoms with Gasteiger partial charge < -0.3 is 15.3 Å². The van der Waals surface area contributed by atoms with Crippen LogP contribution in [0.25, 0.3) is 0 Å². The molecule has 2 N–H and O–H groups in total. The van der Waals surface area contributed by atoms with Gasteiger partial charge in [0.05, 0.1) is 6.10 Å². The summed E-state index contributed by atoms with van der Waals surface area (Å²) in [6, 6.07) is 14.3. The summed E-state index contributed by atoms with van der Waals surface area (Å²) in [6.45, 7) is 1.71. The molecule has 136 valence electrons. The Morgan fingerprint density at radius 1 is 1.04 bits per heavy atom. The summed E-state index contributed by atoms with van der Waals surface area (Å²) in [4.78, 5) is 14.7. The number of benzene rings is 2. The van der Waals surface area contributed by atoms with Gasteiger partial charge in [0.15, 0.2) is 0 Å². The van der Waals surface area contributed by atoms with Gasteiger partial charge in [-0.1, -0.05) is 12.1 Å². The number of amides is 1. The highest BCUT2D eigenvalue weighted by atomic mass is 19.1. The van der Waals surface area contributed by atoms with Crippen molar-refractivity contribution < 1.29 is 14.3 Å². The molecule has 1 saturated heterocycles. The van der Waals surface area contributed by atoms with Crippen LogP contribution in [-0.4, -0.2) is 30.2 Å². The third kappa shape index (κ3) is 3.73. The zero-order valence-corrected chi connectivity index (χ0v) is 14.6. The molecule has 1 heterocycles. The van der Waals surface area contributed by atoms with Crippen LogP contribution in [0, 0.1) is 11.7 Å². The topological polar surface area (TPSA) is 52.6 Å². The molecule has 0 aromatic heterocycles. The van der Waals surface area contributed by atoms with E-state index in [-0.39, 0.29) is 29.7 Å². The molecule has 5 heteroatoms. The molecule has 1 amide bonds. The molecular weight excluding hydrogens is 331 g/mol. The normalized spacial score (nSPS) is 22.9. The number of aliphatic hydroxyl groups is 1. The molecule has 0 radical (unpaired) electrons. The summed E-state index contributed by atoms with van der Waals surface area (Å²) < 4.78 is 13.0. The van der Waals surface area contributed by atoms with Crippen molar-refractivity contribution >= 4 is 17.3 Å². The fourth-order valence-corrected chi connectivity index (χ4v) is 3.68. The Hall–Kier alpha value is -2.40. The van der Waals surface area contributed by atoms with Crippen LogP contribution in [0.15, 0.2) is 48.5 Å². The standard InChI is InChI=1S/C21H23FN2O2/c22-15-3-1-14(2-4-15)19-13-20(19)21(26)23-16-5-7-17(8-6-16)24-11-9-18(25)10-12-24/h1-8,18-20,25H,9-13H2,(H,23,26). The van der Waals surface area contributed by atoms with Gasteiger partial charge in [0.1, 0.15) is 5.82 Å². The van der Waals surface area contributed by atoms with E-state index in [9.17, 15) is 14.3 Å². The van der Waals surface area contributed by atoms with E-state index in [1.54, 1.807) is 12.1 Å². The van der Waals surface area contributed by atoms with Crippen LogP contribution in [-0.2, 0) is 4.79 Å². The quantitative estimate of drug-likeness (QED) is 0.883. The molecule has 1 aliphatic heterocycles. The lowest BCUT2D eigenvalue weighted by atomic mass is 10.1. The van der Waals surface area contributed by atoms with Crippen molar-refractivity contribution in [2.45, 2.75) is 31.3 Å². The molecule has 2 aromatic carbocycles. The molecule has 2 fully saturated rings. The highest BCUT2D eigenvalue weighted by Crippen LogP contribution is 2.48. The van der Waals surface area contributed by atoms with E-state index in [1.807, 2.05) is 24.3 Å². The number of carbonyl (C=O) groups excluding carboxylic acids is 1. The zero-order chi connectivity index (χ0) is 18.1. The Bertz CT molecular complexity index is 768. The van der Waals surface area contributed by atoms with Crippen LogP contribution in [0.4, 0.5) is 15.8 Å². The number of piperidine rings is 1. The number of rotatable bonds is 4. The van der Waals surface area contributed by atoms with Crippen molar-refractivity contribution in [3.8, 4) is 0 Å². The molecule has 1 aliphatic carbocycles. The summed E-state index contributed by atoms with van der Waals surface area (Å²) in [5, 5.41) is 12.6. The van der Waals surface area contributed by atoms with Crippen LogP contribution in [0.5, 0.6) is 0 Å². The van der Waals surface area contributed by atoms with E-state index in [4.69, 9.17) is 0 Å². The molecule has 0 bridgehead atoms. The molecule has 2 aliphatic rings. The number of hydrogen-bond donors (Lipinski definition) is 2. The molecule has 2 unspecified atom stereocenters. The maximum atomic E-state index is 13.0. The van der Waals surface area contributed by atoms with Gasteiger partial charge in [-0.2, -0.15) is 0 Å². The van der Waals surface area contributed by atoms with Crippen molar-refractivity contribution in [2.75, 3.05) is 23.3 Å². The number of nitrogens with one attached hydrogen (secondary N) is 1. The molecule has 0 spiro atoms. The van der Waals surface area contributed by atoms with E-state index in [2.05, 4.69) is 10.2 Å². The van der Waals surface area contributed by atoms with Gasteiger partial charge in [-0.15, -0.1) is 0 Å². The number of hydrogen-bond acceptors (Lipinski definition) is 3. The minimum Gasteiger partial charge on any atom is -0.393 e. The number of halogens is 1. The number of anilines is 2. The smallest absolute Gasteiger partial charge is 0.228 e. The summed E-state index contributed by atoms with van der Waals surface area (Å²) in [5.74, 6) is -0.0785. The fraction of sp³-hybridized carbons (Fsp3) is 0.381. The second-order valence-corrected chi connectivity index (χ2v) is 7.25. The minimum atomic E-state index is -0.251. The Kier molecular flexibility index (Phi) is 4.64. The second-order valence-electron chi connectivity index (χ2n) is 7.25. The summed E-state index contributed by atoms with van der Waals surface area (Å²) >= 11 is 0. The lowest BCUT2D eigenvalue weighted by Gasteiger charge is -2.31. The molecule has 4 rings (SSSR count). The van der Waals surface area contributed by atoms with E-state index < -0.39 is 0 Å². The summed E-state index contributed by atoms with van der Waals surface area (Å²) in [5.41, 5.74) is 2.93. The first-order chi connectivity index (χ1) is 12.6. The van der Waals surface area contributed by atoms with Crippen molar-refractivity contribution in [1.82, 2.24) is 0 Å². The molecule has 4 nitrogen and oxygen atoms in total. The summed E-state index contributed by atoms with van der Waals surface area (Å²) in [6.07, 6.45) is 2.22. The average molecular weight is 354 g/mol. The highest BCUT2D eigenvalue weighted by molar-refractivity contribution is 5.95. The SMILES string of the molecule is O=C(Nc1ccc(N2CCC(O)CC2)cc1)C1CC1c1ccc(F)cc1. The first-order valence-corrected chi connectivity index (χ1v) is 9.19. The largest absolute Gasteiger partial charge is 0.393 e. The zero-order valence-electron chi connectivity index (χ0n) is 14.6. The van der Waals surface area contributed by atoms with Gasteiger partial charge >= 0.3 is 0 Å². The molecule has 26 heavy (non-hydrogen) atoms. The Balaban J connectivity index is 1.33. The second kappa shape index (κ2) is 7.08. The fourth-order valence-electron chi connectivity index (χ4n) is 3.68. The number of carbonyl (C=O) groups is 1. The first-order valence-electron chi connectivity index (χ1n) is 9.19. The predicted molar refractivity (Wildman–Crippen MR) is 99.8 cm³/mol. The number of nitrogens with zero attached hydrogens (tertiary/aromatic N) is 1. The van der Waals surface area contributed by atoms with Gasteiger partial charge in [0.2, 0.25) is 5.91 Å². The monoisotopic (exact) mass is 354 g/mol. The van der Waals surface area contributed by atoms with Crippen LogP contribution < -0.4 is 10.2 Å². The van der Waals surface area contributed by atoms with Gasteiger partial charge in [-0.05, 0) is 67.1 Å². The van der Waals surface area contributed by atoms with Crippen molar-refractivity contribution in [1.29, 1.82) is 0 Å². The third-order valence-corrected chi connectivity index (χ3v) is 5.39.